The Balaban J connectivity index is 0.000000128. The maximum absolute atomic E-state index is 10.8. The average Bonchev–Trinajstić information content (AvgIpc) is 3.21. The van der Waals surface area contributed by atoms with Crippen molar-refractivity contribution < 1.29 is 29.3 Å². The Bertz CT molecular complexity index is 933. The number of aromatic amines is 2. The minimum Gasteiger partial charge on any atom is -0.476 e. The lowest BCUT2D eigenvalue weighted by Crippen LogP contribution is -2.04. The molecule has 30 heavy (non-hydrogen) atoms. The van der Waals surface area contributed by atoms with Gasteiger partial charge >= 0.3 is 11.9 Å². The number of carbonyl (C=O) groups is 2. The number of carboxylic acids is 2. The van der Waals surface area contributed by atoms with Crippen molar-refractivity contribution in [2.75, 3.05) is 27.4 Å². The van der Waals surface area contributed by atoms with Crippen LogP contribution in [0.3, 0.4) is 0 Å². The third-order valence-corrected chi connectivity index (χ3v) is 7.13. The van der Waals surface area contributed by atoms with Crippen molar-refractivity contribution in [2.45, 2.75) is 24.7 Å². The molecule has 2 fully saturated rings. The first-order chi connectivity index (χ1) is 14.5. The van der Waals surface area contributed by atoms with Gasteiger partial charge < -0.3 is 19.7 Å². The standard InChI is InChI=1S/2C10H12N2O3/c2*1-15-3-6-4-2-5-8(7(4)6)11-12-9(5)10(13)14/h2*4,6-7H,2-3H2,1H3,(H,11,12)(H,13,14)/t4-,6+,7-;4-,6-,7-/m00/s1. The van der Waals surface area contributed by atoms with Crippen molar-refractivity contribution >= 4 is 11.9 Å². The van der Waals surface area contributed by atoms with E-state index in [1.54, 1.807) is 14.2 Å². The zero-order valence-electron chi connectivity index (χ0n) is 16.7. The SMILES string of the molecule is COC[C@@H]1[C@@H]2Cc3c(C(=O)O)n[nH]c3[C@H]12.COC[C@H]1[C@@H]2Cc3c(C(=O)O)n[nH]c3[C@H]12. The average molecular weight is 416 g/mol. The molecule has 0 bridgehead atoms. The van der Waals surface area contributed by atoms with Crippen LogP contribution in [-0.4, -0.2) is 70.0 Å². The van der Waals surface area contributed by atoms with E-state index in [4.69, 9.17) is 19.7 Å². The lowest BCUT2D eigenvalue weighted by Gasteiger charge is -2.01. The highest BCUT2D eigenvalue weighted by Gasteiger charge is 2.58. The second-order valence-electron chi connectivity index (χ2n) is 8.57. The number of hydrogen-bond acceptors (Lipinski definition) is 6. The quantitative estimate of drug-likeness (QED) is 0.550. The van der Waals surface area contributed by atoms with Crippen LogP contribution in [0, 0.1) is 23.7 Å². The van der Waals surface area contributed by atoms with E-state index in [2.05, 4.69) is 20.4 Å². The lowest BCUT2D eigenvalue weighted by atomic mass is 10.1. The molecule has 0 spiro atoms. The first kappa shape index (κ1) is 19.3. The van der Waals surface area contributed by atoms with E-state index in [0.29, 0.717) is 35.5 Å². The van der Waals surface area contributed by atoms with Gasteiger partial charge in [-0.05, 0) is 36.5 Å². The Labute approximate surface area is 172 Å². The highest BCUT2D eigenvalue weighted by atomic mass is 16.5. The fourth-order valence-corrected chi connectivity index (χ4v) is 5.69. The van der Waals surface area contributed by atoms with Crippen molar-refractivity contribution in [1.29, 1.82) is 0 Å². The number of aromatic nitrogens is 4. The van der Waals surface area contributed by atoms with Gasteiger partial charge in [-0.2, -0.15) is 10.2 Å². The van der Waals surface area contributed by atoms with Gasteiger partial charge in [0.05, 0.1) is 0 Å². The number of aromatic carboxylic acids is 2. The molecule has 0 unspecified atom stereocenters. The number of fused-ring (bicyclic) bond motifs is 6. The largest absolute Gasteiger partial charge is 0.476 e. The molecule has 0 amide bonds. The van der Waals surface area contributed by atoms with Crippen molar-refractivity contribution in [3.8, 4) is 0 Å². The van der Waals surface area contributed by atoms with E-state index in [-0.39, 0.29) is 11.4 Å². The van der Waals surface area contributed by atoms with Crippen LogP contribution in [0.4, 0.5) is 0 Å². The number of nitrogens with one attached hydrogen (secondary N) is 2. The summed E-state index contributed by atoms with van der Waals surface area (Å²) in [7, 11) is 3.40. The minimum atomic E-state index is -0.933. The van der Waals surface area contributed by atoms with Gasteiger partial charge in [-0.1, -0.05) is 0 Å². The summed E-state index contributed by atoms with van der Waals surface area (Å²) in [5, 5.41) is 31.2. The van der Waals surface area contributed by atoms with Crippen LogP contribution in [0.25, 0.3) is 0 Å². The first-order valence-electron chi connectivity index (χ1n) is 10.1. The van der Waals surface area contributed by atoms with Gasteiger partial charge in [0, 0.05) is 61.8 Å². The third-order valence-electron chi connectivity index (χ3n) is 7.13. The van der Waals surface area contributed by atoms with Gasteiger partial charge in [-0.15, -0.1) is 0 Å². The molecule has 4 aliphatic rings. The second kappa shape index (κ2) is 6.92. The van der Waals surface area contributed by atoms with Crippen molar-refractivity contribution in [3.63, 3.8) is 0 Å². The Hall–Kier alpha value is -2.72. The molecule has 10 heteroatoms. The van der Waals surface area contributed by atoms with Gasteiger partial charge in [0.25, 0.3) is 0 Å². The molecule has 0 radical (unpaired) electrons. The van der Waals surface area contributed by atoms with E-state index in [1.165, 1.54) is 0 Å². The Morgan fingerprint density at radius 3 is 1.60 bits per heavy atom. The minimum absolute atomic E-state index is 0.202. The summed E-state index contributed by atoms with van der Waals surface area (Å²) in [6.07, 6.45) is 1.68. The van der Waals surface area contributed by atoms with Gasteiger partial charge in [-0.25, -0.2) is 9.59 Å². The van der Waals surface area contributed by atoms with Crippen LogP contribution in [0.1, 0.15) is 55.3 Å². The molecule has 6 rings (SSSR count). The summed E-state index contributed by atoms with van der Waals surface area (Å²) in [6, 6.07) is 0. The fraction of sp³-hybridized carbons (Fsp3) is 0.600. The molecule has 2 heterocycles. The molecule has 2 aromatic heterocycles. The van der Waals surface area contributed by atoms with E-state index in [0.717, 1.165) is 48.6 Å². The fourth-order valence-electron chi connectivity index (χ4n) is 5.69. The molecule has 10 nitrogen and oxygen atoms in total. The molecule has 4 aliphatic carbocycles. The topological polar surface area (TPSA) is 150 Å². The van der Waals surface area contributed by atoms with Crippen LogP contribution in [0.5, 0.6) is 0 Å². The molecule has 2 saturated carbocycles. The highest BCUT2D eigenvalue weighted by molar-refractivity contribution is 5.88. The van der Waals surface area contributed by atoms with E-state index < -0.39 is 11.9 Å². The predicted octanol–water partition coefficient (Wildman–Crippen LogP) is 1.28. The summed E-state index contributed by atoms with van der Waals surface area (Å²) < 4.78 is 10.2. The molecule has 160 valence electrons. The second-order valence-corrected chi connectivity index (χ2v) is 8.57. The van der Waals surface area contributed by atoms with Gasteiger partial charge in [0.2, 0.25) is 0 Å². The highest BCUT2D eigenvalue weighted by Crippen LogP contribution is 2.62. The predicted molar refractivity (Wildman–Crippen MR) is 102 cm³/mol. The molecule has 0 aliphatic heterocycles. The Morgan fingerprint density at radius 2 is 1.27 bits per heavy atom. The molecule has 0 aromatic carbocycles. The number of ether oxygens (including phenoxy) is 2. The van der Waals surface area contributed by atoms with Crippen LogP contribution in [0.15, 0.2) is 0 Å². The summed E-state index contributed by atoms with van der Waals surface area (Å²) in [5.74, 6) is 1.32. The molecule has 4 N–H and O–H groups in total. The zero-order valence-corrected chi connectivity index (χ0v) is 16.7. The van der Waals surface area contributed by atoms with Crippen molar-refractivity contribution in [3.05, 3.63) is 33.9 Å². The summed E-state index contributed by atoms with van der Waals surface area (Å²) in [5.41, 5.74) is 4.27. The smallest absolute Gasteiger partial charge is 0.356 e. The number of nitrogens with zero attached hydrogens (tertiary/aromatic N) is 2. The van der Waals surface area contributed by atoms with Gasteiger partial charge in [-0.3, -0.25) is 10.2 Å². The van der Waals surface area contributed by atoms with Gasteiger partial charge in [0.15, 0.2) is 11.4 Å². The van der Waals surface area contributed by atoms with Crippen molar-refractivity contribution in [2.24, 2.45) is 23.7 Å². The van der Waals surface area contributed by atoms with Crippen LogP contribution >= 0.6 is 0 Å². The van der Waals surface area contributed by atoms with Crippen LogP contribution in [-0.2, 0) is 22.3 Å². The van der Waals surface area contributed by atoms with E-state index in [1.807, 2.05) is 0 Å². The summed E-state index contributed by atoms with van der Waals surface area (Å²) >= 11 is 0. The number of carboxylic acid groups (broad SMARTS) is 2. The molecule has 2 aromatic rings. The maximum atomic E-state index is 10.8. The summed E-state index contributed by atoms with van der Waals surface area (Å²) in [4.78, 5) is 21.7. The first-order valence-corrected chi connectivity index (χ1v) is 10.1. The van der Waals surface area contributed by atoms with Crippen molar-refractivity contribution in [1.82, 2.24) is 20.4 Å². The molecular weight excluding hydrogens is 392 g/mol. The summed E-state index contributed by atoms with van der Waals surface area (Å²) in [6.45, 7) is 1.52. The normalized spacial score (nSPS) is 31.1. The maximum Gasteiger partial charge on any atom is 0.356 e. The van der Waals surface area contributed by atoms with Gasteiger partial charge in [0.1, 0.15) is 0 Å². The number of H-pyrrole nitrogens is 2. The Kier molecular flexibility index (Phi) is 4.44. The third kappa shape index (κ3) is 2.78. The number of hydrogen-bond donors (Lipinski definition) is 4. The van der Waals surface area contributed by atoms with Crippen LogP contribution in [0.2, 0.25) is 0 Å². The zero-order chi connectivity index (χ0) is 21.2. The Morgan fingerprint density at radius 1 is 0.867 bits per heavy atom. The van der Waals surface area contributed by atoms with E-state index >= 15 is 0 Å². The van der Waals surface area contributed by atoms with E-state index in [9.17, 15) is 9.59 Å². The lowest BCUT2D eigenvalue weighted by molar-refractivity contribution is 0.0678. The molecule has 0 saturated heterocycles. The monoisotopic (exact) mass is 416 g/mol. The van der Waals surface area contributed by atoms with Crippen LogP contribution < -0.4 is 0 Å². The molecule has 6 atom stereocenters. The molecular formula is C20H24N4O6. The number of rotatable bonds is 6. The number of methoxy groups -OCH3 is 2.